The number of fused-ring (bicyclic) bond motifs is 3. The van der Waals surface area contributed by atoms with Gasteiger partial charge < -0.3 is 0 Å². The Kier molecular flexibility index (Phi) is 6.85. The monoisotopic (exact) mass is 601 g/mol. The van der Waals surface area contributed by atoms with Crippen LogP contribution in [-0.2, 0) is 5.41 Å². The Morgan fingerprint density at radius 3 is 1.79 bits per heavy atom. The molecular weight excluding hydrogens is 571 g/mol. The molecule has 0 bridgehead atoms. The van der Waals surface area contributed by atoms with Crippen LogP contribution in [0.2, 0.25) is 0 Å². The van der Waals surface area contributed by atoms with Gasteiger partial charge in [0.15, 0.2) is 11.5 Å². The van der Waals surface area contributed by atoms with Gasteiger partial charge in [0.2, 0.25) is 0 Å². The van der Waals surface area contributed by atoms with E-state index < -0.39 is 0 Å². The molecule has 0 unspecified atom stereocenters. The van der Waals surface area contributed by atoms with Gasteiger partial charge in [-0.15, -0.1) is 0 Å². The maximum absolute atomic E-state index is 7.80. The molecule has 0 saturated carbocycles. The Hall–Kier alpha value is -6.11. The first-order valence-electron chi connectivity index (χ1n) is 15.9. The zero-order chi connectivity index (χ0) is 32.0. The third-order valence-corrected chi connectivity index (χ3v) is 9.36. The van der Waals surface area contributed by atoms with Crippen molar-refractivity contribution in [3.63, 3.8) is 0 Å². The third-order valence-electron chi connectivity index (χ3n) is 9.36. The summed E-state index contributed by atoms with van der Waals surface area (Å²) in [4.78, 5) is 14.1. The van der Waals surface area contributed by atoms with Crippen LogP contribution in [0.5, 0.6) is 0 Å². The standard InChI is InChI=1S/C44H31N3/c1-44(2)37-19-12-20-39(45-3)42(37)36-26-25-33(27-38(36)44)34-17-10-11-18-35(34)41-28-40(46-43(47-41)32-15-8-5-9-16-32)31-23-21-30(22-24-31)29-13-6-4-7-14-29/h4-28H,1-2H3. The van der Waals surface area contributed by atoms with Gasteiger partial charge in [-0.25, -0.2) is 14.8 Å². The van der Waals surface area contributed by atoms with Gasteiger partial charge in [-0.1, -0.05) is 153 Å². The second-order valence-corrected chi connectivity index (χ2v) is 12.5. The maximum Gasteiger partial charge on any atom is 0.195 e. The zero-order valence-corrected chi connectivity index (χ0v) is 26.3. The second-order valence-electron chi connectivity index (χ2n) is 12.5. The summed E-state index contributed by atoms with van der Waals surface area (Å²) in [5.74, 6) is 0.692. The van der Waals surface area contributed by atoms with Crippen LogP contribution in [-0.4, -0.2) is 9.97 Å². The van der Waals surface area contributed by atoms with E-state index in [4.69, 9.17) is 16.5 Å². The first kappa shape index (κ1) is 28.4. The molecule has 6 aromatic carbocycles. The summed E-state index contributed by atoms with van der Waals surface area (Å²) < 4.78 is 0. The Labute approximate surface area is 275 Å². The molecule has 7 aromatic rings. The van der Waals surface area contributed by atoms with E-state index in [1.165, 1.54) is 22.3 Å². The highest BCUT2D eigenvalue weighted by Gasteiger charge is 2.36. The number of benzene rings is 6. The molecule has 0 N–H and O–H groups in total. The van der Waals surface area contributed by atoms with Crippen molar-refractivity contribution < 1.29 is 0 Å². The first-order valence-corrected chi connectivity index (χ1v) is 15.9. The number of hydrogen-bond acceptors (Lipinski definition) is 2. The predicted molar refractivity (Wildman–Crippen MR) is 193 cm³/mol. The van der Waals surface area contributed by atoms with Crippen molar-refractivity contribution >= 4 is 5.69 Å². The fraction of sp³-hybridized carbons (Fsp3) is 0.0682. The van der Waals surface area contributed by atoms with Crippen LogP contribution in [0.4, 0.5) is 5.69 Å². The number of hydrogen-bond donors (Lipinski definition) is 0. The minimum absolute atomic E-state index is 0.217. The average Bonchev–Trinajstić information content (AvgIpc) is 3.38. The lowest BCUT2D eigenvalue weighted by Gasteiger charge is -2.22. The summed E-state index contributed by atoms with van der Waals surface area (Å²) in [5.41, 5.74) is 14.5. The molecule has 0 radical (unpaired) electrons. The van der Waals surface area contributed by atoms with Crippen LogP contribution in [0.15, 0.2) is 152 Å². The van der Waals surface area contributed by atoms with E-state index in [1.54, 1.807) is 0 Å². The van der Waals surface area contributed by atoms with E-state index in [0.717, 1.165) is 50.3 Å². The third kappa shape index (κ3) is 4.92. The van der Waals surface area contributed by atoms with Crippen molar-refractivity contribution in [2.24, 2.45) is 0 Å². The maximum atomic E-state index is 7.80. The van der Waals surface area contributed by atoms with Gasteiger partial charge in [0.25, 0.3) is 0 Å². The molecule has 47 heavy (non-hydrogen) atoms. The summed E-state index contributed by atoms with van der Waals surface area (Å²) in [7, 11) is 0. The highest BCUT2D eigenvalue weighted by atomic mass is 14.9. The summed E-state index contributed by atoms with van der Waals surface area (Å²) in [6, 6.07) is 52.6. The average molecular weight is 602 g/mol. The Morgan fingerprint density at radius 2 is 1.06 bits per heavy atom. The SMILES string of the molecule is [C-]#[N+]c1cccc2c1-c1ccc(-c3ccccc3-c3cc(-c4ccc(-c5ccccc5)cc4)nc(-c4ccccc4)n3)cc1C2(C)C. The molecule has 0 saturated heterocycles. The summed E-state index contributed by atoms with van der Waals surface area (Å²) in [5, 5.41) is 0. The highest BCUT2D eigenvalue weighted by molar-refractivity contribution is 5.93. The summed E-state index contributed by atoms with van der Waals surface area (Å²) >= 11 is 0. The molecule has 0 atom stereocenters. The van der Waals surface area contributed by atoms with Gasteiger partial charge in [-0.2, -0.15) is 0 Å². The Bertz CT molecular complexity index is 2310. The van der Waals surface area contributed by atoms with Gasteiger partial charge in [-0.05, 0) is 56.6 Å². The Balaban J connectivity index is 1.26. The van der Waals surface area contributed by atoms with Gasteiger partial charge >= 0.3 is 0 Å². The van der Waals surface area contributed by atoms with Crippen LogP contribution >= 0.6 is 0 Å². The lowest BCUT2D eigenvalue weighted by atomic mass is 9.81. The lowest BCUT2D eigenvalue weighted by Crippen LogP contribution is -2.14. The van der Waals surface area contributed by atoms with Gasteiger partial charge in [0.05, 0.1) is 18.0 Å². The van der Waals surface area contributed by atoms with E-state index in [2.05, 4.69) is 134 Å². The topological polar surface area (TPSA) is 30.1 Å². The molecule has 1 heterocycles. The van der Waals surface area contributed by atoms with E-state index in [9.17, 15) is 0 Å². The van der Waals surface area contributed by atoms with E-state index >= 15 is 0 Å². The summed E-state index contributed by atoms with van der Waals surface area (Å²) in [6.45, 7) is 12.3. The Morgan fingerprint density at radius 1 is 0.468 bits per heavy atom. The number of rotatable bonds is 5. The first-order chi connectivity index (χ1) is 23.0. The number of aromatic nitrogens is 2. The van der Waals surface area contributed by atoms with Crippen molar-refractivity contribution in [3.05, 3.63) is 174 Å². The van der Waals surface area contributed by atoms with Crippen molar-refractivity contribution in [1.29, 1.82) is 0 Å². The van der Waals surface area contributed by atoms with Crippen molar-refractivity contribution in [3.8, 4) is 67.3 Å². The zero-order valence-electron chi connectivity index (χ0n) is 26.3. The molecular formula is C44H31N3. The second kappa shape index (κ2) is 11.4. The molecule has 1 aliphatic carbocycles. The fourth-order valence-electron chi connectivity index (χ4n) is 6.90. The molecule has 3 heteroatoms. The van der Waals surface area contributed by atoms with E-state index in [1.807, 2.05) is 36.4 Å². The predicted octanol–water partition coefficient (Wildman–Crippen LogP) is 11.7. The molecule has 0 fully saturated rings. The van der Waals surface area contributed by atoms with Crippen LogP contribution in [0, 0.1) is 6.57 Å². The summed E-state index contributed by atoms with van der Waals surface area (Å²) in [6.07, 6.45) is 0. The molecule has 0 aliphatic heterocycles. The molecule has 0 amide bonds. The van der Waals surface area contributed by atoms with Crippen LogP contribution < -0.4 is 0 Å². The molecule has 1 aliphatic rings. The van der Waals surface area contributed by atoms with Gasteiger partial charge in [0.1, 0.15) is 0 Å². The van der Waals surface area contributed by atoms with Crippen molar-refractivity contribution in [1.82, 2.24) is 9.97 Å². The quantitative estimate of drug-likeness (QED) is 0.184. The highest BCUT2D eigenvalue weighted by Crippen LogP contribution is 2.53. The number of nitrogens with zero attached hydrogens (tertiary/aromatic N) is 3. The van der Waals surface area contributed by atoms with Crippen molar-refractivity contribution in [2.75, 3.05) is 0 Å². The fourth-order valence-corrected chi connectivity index (χ4v) is 6.90. The minimum atomic E-state index is -0.217. The largest absolute Gasteiger partial charge is 0.238 e. The molecule has 1 aromatic heterocycles. The molecule has 222 valence electrons. The van der Waals surface area contributed by atoms with Crippen LogP contribution in [0.1, 0.15) is 25.0 Å². The molecule has 8 rings (SSSR count). The van der Waals surface area contributed by atoms with E-state index in [0.29, 0.717) is 11.5 Å². The normalized spacial score (nSPS) is 12.6. The van der Waals surface area contributed by atoms with Gasteiger partial charge in [-0.3, -0.25) is 0 Å². The smallest absolute Gasteiger partial charge is 0.195 e. The minimum Gasteiger partial charge on any atom is -0.238 e. The molecule has 0 spiro atoms. The lowest BCUT2D eigenvalue weighted by molar-refractivity contribution is 0.661. The van der Waals surface area contributed by atoms with Gasteiger partial charge in [0, 0.05) is 22.1 Å². The van der Waals surface area contributed by atoms with Crippen molar-refractivity contribution in [2.45, 2.75) is 19.3 Å². The van der Waals surface area contributed by atoms with Crippen LogP contribution in [0.25, 0.3) is 72.1 Å². The van der Waals surface area contributed by atoms with Crippen LogP contribution in [0.3, 0.4) is 0 Å². The van der Waals surface area contributed by atoms with E-state index in [-0.39, 0.29) is 5.41 Å². The molecule has 3 nitrogen and oxygen atoms in total.